The van der Waals surface area contributed by atoms with Gasteiger partial charge in [-0.2, -0.15) is 0 Å². The fraction of sp³-hybridized carbons (Fsp3) is 0.588. The van der Waals surface area contributed by atoms with Crippen LogP contribution < -0.4 is 5.32 Å². The predicted molar refractivity (Wildman–Crippen MR) is 82.1 cm³/mol. The quantitative estimate of drug-likeness (QED) is 0.857. The molecule has 0 amide bonds. The van der Waals surface area contributed by atoms with Gasteiger partial charge in [0.2, 0.25) is 0 Å². The Kier molecular flexibility index (Phi) is 4.56. The number of methoxy groups -OCH3 is 1. The van der Waals surface area contributed by atoms with Crippen LogP contribution in [0.5, 0.6) is 0 Å². The molecular formula is C17H24N2O2. The third-order valence-corrected chi connectivity index (χ3v) is 4.76. The zero-order chi connectivity index (χ0) is 14.7. The highest BCUT2D eigenvalue weighted by molar-refractivity contribution is 5.72. The molecule has 0 atom stereocenters. The summed E-state index contributed by atoms with van der Waals surface area (Å²) in [4.78, 5) is 14.0. The van der Waals surface area contributed by atoms with E-state index in [0.29, 0.717) is 5.92 Å². The number of nitrogens with one attached hydrogen (secondary N) is 1. The molecule has 1 aromatic rings. The monoisotopic (exact) mass is 288 g/mol. The maximum Gasteiger partial charge on any atom is 0.308 e. The zero-order valence-electron chi connectivity index (χ0n) is 12.7. The summed E-state index contributed by atoms with van der Waals surface area (Å²) in [7, 11) is 1.48. The van der Waals surface area contributed by atoms with Crippen molar-refractivity contribution in [2.75, 3.05) is 33.3 Å². The highest BCUT2D eigenvalue weighted by Gasteiger charge is 2.25. The van der Waals surface area contributed by atoms with Gasteiger partial charge >= 0.3 is 5.97 Å². The molecule has 0 radical (unpaired) electrons. The molecule has 1 aromatic carbocycles. The minimum atomic E-state index is -0.0480. The molecule has 0 bridgehead atoms. The number of likely N-dealkylation sites (tertiary alicyclic amines) is 1. The molecule has 1 N–H and O–H groups in total. The molecule has 0 aliphatic carbocycles. The van der Waals surface area contributed by atoms with Gasteiger partial charge < -0.3 is 10.1 Å². The second-order valence-electron chi connectivity index (χ2n) is 6.17. The van der Waals surface area contributed by atoms with E-state index in [4.69, 9.17) is 4.74 Å². The fourth-order valence-electron chi connectivity index (χ4n) is 3.17. The Morgan fingerprint density at radius 3 is 2.43 bits per heavy atom. The minimum absolute atomic E-state index is 0.0480. The lowest BCUT2D eigenvalue weighted by molar-refractivity contribution is -0.147. The summed E-state index contributed by atoms with van der Waals surface area (Å²) in [5.74, 6) is 0.753. The summed E-state index contributed by atoms with van der Waals surface area (Å²) >= 11 is 0. The molecule has 2 fully saturated rings. The first-order chi connectivity index (χ1) is 10.3. The predicted octanol–water partition coefficient (Wildman–Crippen LogP) is 1.76. The molecule has 114 valence electrons. The van der Waals surface area contributed by atoms with Gasteiger partial charge in [0.15, 0.2) is 0 Å². The lowest BCUT2D eigenvalue weighted by Gasteiger charge is -2.31. The number of hydrogen-bond acceptors (Lipinski definition) is 4. The summed E-state index contributed by atoms with van der Waals surface area (Å²) in [5.41, 5.74) is 2.81. The standard InChI is InChI=1S/C17H24N2O2/c1-21-17(20)15-6-8-19(9-7-15)12-13-2-4-14(5-3-13)16-10-18-11-16/h2-5,15-16,18H,6-12H2,1H3. The second-order valence-corrected chi connectivity index (χ2v) is 6.17. The molecule has 0 unspecified atom stereocenters. The van der Waals surface area contributed by atoms with Crippen LogP contribution in [0.1, 0.15) is 29.9 Å². The van der Waals surface area contributed by atoms with E-state index in [0.717, 1.165) is 45.6 Å². The first-order valence-corrected chi connectivity index (χ1v) is 7.86. The maximum absolute atomic E-state index is 11.5. The zero-order valence-corrected chi connectivity index (χ0v) is 12.7. The van der Waals surface area contributed by atoms with Crippen LogP contribution in [0.15, 0.2) is 24.3 Å². The van der Waals surface area contributed by atoms with Crippen LogP contribution in [0.2, 0.25) is 0 Å². The van der Waals surface area contributed by atoms with E-state index in [1.165, 1.54) is 18.2 Å². The summed E-state index contributed by atoms with van der Waals surface area (Å²) in [5, 5.41) is 3.31. The average Bonchev–Trinajstić information content (AvgIpc) is 2.47. The van der Waals surface area contributed by atoms with Crippen LogP contribution in [0.25, 0.3) is 0 Å². The smallest absolute Gasteiger partial charge is 0.308 e. The van der Waals surface area contributed by atoms with Gasteiger partial charge in [-0.3, -0.25) is 9.69 Å². The molecule has 0 saturated carbocycles. The minimum Gasteiger partial charge on any atom is -0.469 e. The topological polar surface area (TPSA) is 41.6 Å². The number of rotatable bonds is 4. The van der Waals surface area contributed by atoms with Crippen molar-refractivity contribution in [2.24, 2.45) is 5.92 Å². The molecule has 4 heteroatoms. The number of carbonyl (C=O) groups excluding carboxylic acids is 1. The Morgan fingerprint density at radius 2 is 1.90 bits per heavy atom. The van der Waals surface area contributed by atoms with Crippen LogP contribution in [-0.4, -0.2) is 44.2 Å². The summed E-state index contributed by atoms with van der Waals surface area (Å²) in [6.07, 6.45) is 1.83. The number of nitrogens with zero attached hydrogens (tertiary/aromatic N) is 1. The van der Waals surface area contributed by atoms with Crippen LogP contribution in [0.4, 0.5) is 0 Å². The number of benzene rings is 1. The van der Waals surface area contributed by atoms with Gasteiger partial charge in [0, 0.05) is 25.6 Å². The molecule has 4 nitrogen and oxygen atoms in total. The third-order valence-electron chi connectivity index (χ3n) is 4.76. The van der Waals surface area contributed by atoms with Gasteiger partial charge in [-0.25, -0.2) is 0 Å². The van der Waals surface area contributed by atoms with Crippen molar-refractivity contribution in [2.45, 2.75) is 25.3 Å². The van der Waals surface area contributed by atoms with Gasteiger partial charge in [0.1, 0.15) is 0 Å². The molecule has 2 aliphatic rings. The van der Waals surface area contributed by atoms with Gasteiger partial charge in [-0.1, -0.05) is 24.3 Å². The van der Waals surface area contributed by atoms with E-state index < -0.39 is 0 Å². The van der Waals surface area contributed by atoms with Crippen molar-refractivity contribution in [3.05, 3.63) is 35.4 Å². The number of ether oxygens (including phenoxy) is 1. The number of carbonyl (C=O) groups is 1. The lowest BCUT2D eigenvalue weighted by atomic mass is 9.93. The lowest BCUT2D eigenvalue weighted by Crippen LogP contribution is -2.39. The van der Waals surface area contributed by atoms with E-state index in [1.807, 2.05) is 0 Å². The van der Waals surface area contributed by atoms with E-state index in [-0.39, 0.29) is 11.9 Å². The molecule has 0 aromatic heterocycles. The number of piperidine rings is 1. The van der Waals surface area contributed by atoms with Gasteiger partial charge in [0.25, 0.3) is 0 Å². The van der Waals surface area contributed by atoms with Crippen molar-refractivity contribution in [1.82, 2.24) is 10.2 Å². The number of hydrogen-bond donors (Lipinski definition) is 1. The Morgan fingerprint density at radius 1 is 1.24 bits per heavy atom. The van der Waals surface area contributed by atoms with Crippen LogP contribution in [0.3, 0.4) is 0 Å². The second kappa shape index (κ2) is 6.58. The van der Waals surface area contributed by atoms with Crippen molar-refractivity contribution in [3.8, 4) is 0 Å². The first-order valence-electron chi connectivity index (χ1n) is 7.86. The molecule has 0 spiro atoms. The van der Waals surface area contributed by atoms with Crippen molar-refractivity contribution in [3.63, 3.8) is 0 Å². The normalized spacial score (nSPS) is 21.0. The summed E-state index contributed by atoms with van der Waals surface area (Å²) in [6.45, 7) is 5.17. The average molecular weight is 288 g/mol. The molecule has 2 saturated heterocycles. The van der Waals surface area contributed by atoms with Gasteiger partial charge in [0.05, 0.1) is 13.0 Å². The van der Waals surface area contributed by atoms with Crippen LogP contribution >= 0.6 is 0 Å². The summed E-state index contributed by atoms with van der Waals surface area (Å²) in [6, 6.07) is 9.03. The molecule has 2 heterocycles. The van der Waals surface area contributed by atoms with Crippen molar-refractivity contribution < 1.29 is 9.53 Å². The van der Waals surface area contributed by atoms with Crippen molar-refractivity contribution in [1.29, 1.82) is 0 Å². The Balaban J connectivity index is 1.49. The Labute approximate surface area is 126 Å². The molecule has 3 rings (SSSR count). The molecule has 2 aliphatic heterocycles. The van der Waals surface area contributed by atoms with Crippen LogP contribution in [0, 0.1) is 5.92 Å². The largest absolute Gasteiger partial charge is 0.469 e. The fourth-order valence-corrected chi connectivity index (χ4v) is 3.17. The van der Waals surface area contributed by atoms with Crippen LogP contribution in [-0.2, 0) is 16.1 Å². The van der Waals surface area contributed by atoms with Gasteiger partial charge in [-0.05, 0) is 37.1 Å². The Hall–Kier alpha value is -1.39. The summed E-state index contributed by atoms with van der Waals surface area (Å²) < 4.78 is 4.83. The van der Waals surface area contributed by atoms with E-state index in [9.17, 15) is 4.79 Å². The van der Waals surface area contributed by atoms with E-state index in [1.54, 1.807) is 0 Å². The maximum atomic E-state index is 11.5. The van der Waals surface area contributed by atoms with Gasteiger partial charge in [-0.15, -0.1) is 0 Å². The molecule has 21 heavy (non-hydrogen) atoms. The number of esters is 1. The third kappa shape index (κ3) is 3.44. The van der Waals surface area contributed by atoms with Crippen molar-refractivity contribution >= 4 is 5.97 Å². The highest BCUT2D eigenvalue weighted by atomic mass is 16.5. The Bertz CT molecular complexity index is 474. The van der Waals surface area contributed by atoms with E-state index >= 15 is 0 Å². The van der Waals surface area contributed by atoms with E-state index in [2.05, 4.69) is 34.5 Å². The first kappa shape index (κ1) is 14.5. The molecular weight excluding hydrogens is 264 g/mol. The highest BCUT2D eigenvalue weighted by Crippen LogP contribution is 2.22. The SMILES string of the molecule is COC(=O)C1CCN(Cc2ccc(C3CNC3)cc2)CC1.